The van der Waals surface area contributed by atoms with Crippen LogP contribution in [-0.4, -0.2) is 46.7 Å². The molecule has 1 saturated heterocycles. The first kappa shape index (κ1) is 19.5. The van der Waals surface area contributed by atoms with Gasteiger partial charge < -0.3 is 9.15 Å². The maximum Gasteiger partial charge on any atom is 0.276 e. The van der Waals surface area contributed by atoms with Gasteiger partial charge in [-0.05, 0) is 30.2 Å². The minimum atomic E-state index is 0.120. The maximum absolute atomic E-state index is 6.30. The van der Waals surface area contributed by atoms with Gasteiger partial charge in [0.15, 0.2) is 0 Å². The number of morpholine rings is 1. The van der Waals surface area contributed by atoms with Gasteiger partial charge in [0.05, 0.1) is 12.7 Å². The monoisotopic (exact) mass is 415 g/mol. The summed E-state index contributed by atoms with van der Waals surface area (Å²) in [5.74, 6) is 1.33. The third kappa shape index (κ3) is 4.75. The number of benzene rings is 2. The molecule has 0 N–H and O–H groups in total. The fourth-order valence-electron chi connectivity index (χ4n) is 3.25. The molecule has 0 aliphatic carbocycles. The van der Waals surface area contributed by atoms with Crippen LogP contribution < -0.4 is 0 Å². The van der Waals surface area contributed by atoms with Crippen LogP contribution in [0.1, 0.15) is 11.1 Å². The second-order valence-electron chi connectivity index (χ2n) is 6.82. The summed E-state index contributed by atoms with van der Waals surface area (Å²) in [7, 11) is 0. The van der Waals surface area contributed by atoms with Gasteiger partial charge in [-0.15, -0.1) is 10.2 Å². The van der Waals surface area contributed by atoms with Crippen LogP contribution in [-0.2, 0) is 11.3 Å². The molecule has 1 aliphatic rings. The van der Waals surface area contributed by atoms with Gasteiger partial charge in [-0.1, -0.05) is 59.8 Å². The summed E-state index contributed by atoms with van der Waals surface area (Å²) in [6, 6.07) is 16.0. The molecule has 7 heteroatoms. The van der Waals surface area contributed by atoms with E-state index in [-0.39, 0.29) is 6.10 Å². The molecule has 1 aliphatic heterocycles. The number of aromatic nitrogens is 2. The predicted molar refractivity (Wildman–Crippen MR) is 112 cm³/mol. The highest BCUT2D eigenvalue weighted by molar-refractivity contribution is 7.99. The lowest BCUT2D eigenvalue weighted by Gasteiger charge is -2.32. The molecule has 0 bridgehead atoms. The standard InChI is InChI=1S/C21H22ClN3O2S/c1-15-6-2-4-8-18(15)20-23-24-21(27-20)28-14-17-13-25(10-11-26-17)12-16-7-3-5-9-19(16)22/h2-9,17H,10-14H2,1H3/t17-/m0/s1. The van der Waals surface area contributed by atoms with Crippen molar-refractivity contribution >= 4 is 23.4 Å². The SMILES string of the molecule is Cc1ccccc1-c1nnc(SC[C@@H]2CN(Cc3ccccc3Cl)CCO2)o1. The van der Waals surface area contributed by atoms with E-state index >= 15 is 0 Å². The molecule has 1 fully saturated rings. The molecule has 0 saturated carbocycles. The van der Waals surface area contributed by atoms with Gasteiger partial charge in [-0.25, -0.2) is 0 Å². The van der Waals surface area contributed by atoms with Gasteiger partial charge in [0.2, 0.25) is 5.89 Å². The van der Waals surface area contributed by atoms with E-state index < -0.39 is 0 Å². The molecule has 146 valence electrons. The Kier molecular flexibility index (Phi) is 6.32. The molecule has 1 atom stereocenters. The Hall–Kier alpha value is -1.86. The first-order chi connectivity index (χ1) is 13.7. The van der Waals surface area contributed by atoms with E-state index in [1.807, 2.05) is 49.4 Å². The first-order valence-corrected chi connectivity index (χ1v) is 10.6. The quantitative estimate of drug-likeness (QED) is 0.544. The molecule has 0 unspecified atom stereocenters. The summed E-state index contributed by atoms with van der Waals surface area (Å²) in [6.07, 6.45) is 0.120. The van der Waals surface area contributed by atoms with E-state index in [2.05, 4.69) is 21.2 Å². The summed E-state index contributed by atoms with van der Waals surface area (Å²) in [5, 5.41) is 9.75. The van der Waals surface area contributed by atoms with Crippen molar-refractivity contribution in [2.24, 2.45) is 0 Å². The van der Waals surface area contributed by atoms with Gasteiger partial charge in [-0.3, -0.25) is 4.90 Å². The molecular formula is C21H22ClN3O2S. The van der Waals surface area contributed by atoms with E-state index in [4.69, 9.17) is 20.8 Å². The van der Waals surface area contributed by atoms with Crippen molar-refractivity contribution in [3.63, 3.8) is 0 Å². The van der Waals surface area contributed by atoms with E-state index in [0.29, 0.717) is 17.7 Å². The van der Waals surface area contributed by atoms with E-state index in [0.717, 1.165) is 47.1 Å². The van der Waals surface area contributed by atoms with Crippen LogP contribution in [0.2, 0.25) is 5.02 Å². The fourth-order valence-corrected chi connectivity index (χ4v) is 4.21. The number of hydrogen-bond acceptors (Lipinski definition) is 6. The predicted octanol–water partition coefficient (Wildman–Crippen LogP) is 4.69. The number of nitrogens with zero attached hydrogens (tertiary/aromatic N) is 3. The van der Waals surface area contributed by atoms with Crippen molar-refractivity contribution in [1.82, 2.24) is 15.1 Å². The summed E-state index contributed by atoms with van der Waals surface area (Å²) in [4.78, 5) is 2.38. The Balaban J connectivity index is 1.33. The Morgan fingerprint density at radius 1 is 1.14 bits per heavy atom. The van der Waals surface area contributed by atoms with Crippen molar-refractivity contribution in [3.8, 4) is 11.5 Å². The lowest BCUT2D eigenvalue weighted by Crippen LogP contribution is -2.43. The largest absolute Gasteiger partial charge is 0.411 e. The van der Waals surface area contributed by atoms with Gasteiger partial charge in [0, 0.05) is 36.0 Å². The zero-order chi connectivity index (χ0) is 19.3. The highest BCUT2D eigenvalue weighted by atomic mass is 35.5. The number of ether oxygens (including phenoxy) is 1. The second-order valence-corrected chi connectivity index (χ2v) is 8.20. The van der Waals surface area contributed by atoms with Crippen LogP contribution in [0.5, 0.6) is 0 Å². The molecular weight excluding hydrogens is 394 g/mol. The molecule has 28 heavy (non-hydrogen) atoms. The van der Waals surface area contributed by atoms with E-state index in [1.165, 1.54) is 0 Å². The Morgan fingerprint density at radius 3 is 2.82 bits per heavy atom. The molecule has 0 radical (unpaired) electrons. The zero-order valence-corrected chi connectivity index (χ0v) is 17.2. The molecule has 0 amide bonds. The van der Waals surface area contributed by atoms with E-state index in [1.54, 1.807) is 11.8 Å². The van der Waals surface area contributed by atoms with Crippen molar-refractivity contribution in [3.05, 3.63) is 64.7 Å². The fraction of sp³-hybridized carbons (Fsp3) is 0.333. The maximum atomic E-state index is 6.30. The van der Waals surface area contributed by atoms with Gasteiger partial charge in [0.25, 0.3) is 5.22 Å². The smallest absolute Gasteiger partial charge is 0.276 e. The first-order valence-electron chi connectivity index (χ1n) is 9.29. The van der Waals surface area contributed by atoms with Crippen molar-refractivity contribution in [2.45, 2.75) is 24.8 Å². The average molecular weight is 416 g/mol. The molecule has 1 aromatic heterocycles. The van der Waals surface area contributed by atoms with Crippen LogP contribution in [0.4, 0.5) is 0 Å². The van der Waals surface area contributed by atoms with Crippen molar-refractivity contribution < 1.29 is 9.15 Å². The van der Waals surface area contributed by atoms with Gasteiger partial charge in [0.1, 0.15) is 0 Å². The minimum Gasteiger partial charge on any atom is -0.411 e. The van der Waals surface area contributed by atoms with Gasteiger partial charge in [-0.2, -0.15) is 0 Å². The van der Waals surface area contributed by atoms with Gasteiger partial charge >= 0.3 is 0 Å². The normalized spacial score (nSPS) is 17.7. The highest BCUT2D eigenvalue weighted by Gasteiger charge is 2.22. The number of rotatable bonds is 6. The van der Waals surface area contributed by atoms with Crippen LogP contribution >= 0.6 is 23.4 Å². The molecule has 4 rings (SSSR count). The van der Waals surface area contributed by atoms with Crippen molar-refractivity contribution in [2.75, 3.05) is 25.4 Å². The van der Waals surface area contributed by atoms with E-state index in [9.17, 15) is 0 Å². The molecule has 5 nitrogen and oxygen atoms in total. The van der Waals surface area contributed by atoms with Crippen LogP contribution in [0, 0.1) is 6.92 Å². The van der Waals surface area contributed by atoms with Crippen LogP contribution in [0.3, 0.4) is 0 Å². The molecule has 0 spiro atoms. The third-order valence-electron chi connectivity index (χ3n) is 4.75. The summed E-state index contributed by atoms with van der Waals surface area (Å²) in [5.41, 5.74) is 3.24. The highest BCUT2D eigenvalue weighted by Crippen LogP contribution is 2.27. The zero-order valence-electron chi connectivity index (χ0n) is 15.7. The topological polar surface area (TPSA) is 51.4 Å². The third-order valence-corrected chi connectivity index (χ3v) is 6.07. The number of thioether (sulfide) groups is 1. The number of aryl methyl sites for hydroxylation is 1. The number of hydrogen-bond donors (Lipinski definition) is 0. The summed E-state index contributed by atoms with van der Waals surface area (Å²) < 4.78 is 11.8. The average Bonchev–Trinajstić information content (AvgIpc) is 3.18. The molecule has 3 aromatic rings. The second kappa shape index (κ2) is 9.09. The lowest BCUT2D eigenvalue weighted by atomic mass is 10.1. The summed E-state index contributed by atoms with van der Waals surface area (Å²) >= 11 is 7.84. The lowest BCUT2D eigenvalue weighted by molar-refractivity contribution is -0.0187. The molecule has 2 aromatic carbocycles. The number of halogens is 1. The Morgan fingerprint density at radius 2 is 1.96 bits per heavy atom. The Labute approximate surface area is 174 Å². The summed E-state index contributed by atoms with van der Waals surface area (Å²) in [6.45, 7) is 5.35. The van der Waals surface area contributed by atoms with Crippen LogP contribution in [0.15, 0.2) is 58.2 Å². The molecule has 2 heterocycles. The van der Waals surface area contributed by atoms with Crippen LogP contribution in [0.25, 0.3) is 11.5 Å². The Bertz CT molecular complexity index is 933. The van der Waals surface area contributed by atoms with Crippen molar-refractivity contribution in [1.29, 1.82) is 0 Å². The minimum absolute atomic E-state index is 0.120.